The maximum absolute atomic E-state index is 12.1. The van der Waals surface area contributed by atoms with E-state index >= 15 is 0 Å². The summed E-state index contributed by atoms with van der Waals surface area (Å²) in [5.41, 5.74) is 0.750. The van der Waals surface area contributed by atoms with Crippen molar-refractivity contribution in [2.24, 2.45) is 0 Å². The van der Waals surface area contributed by atoms with Crippen molar-refractivity contribution >= 4 is 23.2 Å². The Morgan fingerprint density at radius 3 is 2.47 bits per heavy atom. The van der Waals surface area contributed by atoms with Crippen molar-refractivity contribution in [3.05, 3.63) is 46.0 Å². The van der Waals surface area contributed by atoms with Crippen LogP contribution >= 0.6 is 23.2 Å². The number of benzene rings is 1. The van der Waals surface area contributed by atoms with E-state index in [4.69, 9.17) is 23.2 Å². The maximum atomic E-state index is 12.1. The molecule has 0 nitrogen and oxygen atoms in total. The van der Waals surface area contributed by atoms with E-state index in [-0.39, 0.29) is 5.92 Å². The summed E-state index contributed by atoms with van der Waals surface area (Å²) in [5.74, 6) is -0.315. The number of hydrogen-bond donors (Lipinski definition) is 0. The lowest BCUT2D eigenvalue weighted by atomic mass is 9.97. The Morgan fingerprint density at radius 2 is 2.00 bits per heavy atom. The van der Waals surface area contributed by atoms with Crippen LogP contribution in [0.15, 0.2) is 30.4 Å². The highest BCUT2D eigenvalue weighted by molar-refractivity contribution is 6.42. The summed E-state index contributed by atoms with van der Waals surface area (Å²) in [4.78, 5) is 0. The molecule has 0 aliphatic heterocycles. The molecular formula is C11H10Cl2F2. The largest absolute Gasteiger partial charge is 0.266 e. The molecule has 0 heterocycles. The first-order valence-corrected chi connectivity index (χ1v) is 5.28. The predicted octanol–water partition coefficient (Wildman–Crippen LogP) is 5.27. The van der Waals surface area contributed by atoms with Gasteiger partial charge in [-0.25, -0.2) is 0 Å². The van der Waals surface area contributed by atoms with Crippen molar-refractivity contribution in [1.29, 1.82) is 0 Å². The van der Waals surface area contributed by atoms with E-state index in [9.17, 15) is 8.78 Å². The summed E-state index contributed by atoms with van der Waals surface area (Å²) in [7, 11) is 0. The summed E-state index contributed by atoms with van der Waals surface area (Å²) < 4.78 is 24.3. The molecule has 0 aliphatic rings. The number of halogens is 4. The van der Waals surface area contributed by atoms with E-state index in [1.807, 2.05) is 6.92 Å². The van der Waals surface area contributed by atoms with Crippen LogP contribution in [0.5, 0.6) is 0 Å². The first kappa shape index (κ1) is 12.5. The van der Waals surface area contributed by atoms with Gasteiger partial charge in [-0.1, -0.05) is 36.2 Å². The van der Waals surface area contributed by atoms with Gasteiger partial charge >= 0.3 is 0 Å². The lowest BCUT2D eigenvalue weighted by Gasteiger charge is -2.10. The first-order chi connectivity index (χ1) is 7.04. The van der Waals surface area contributed by atoms with Gasteiger partial charge in [-0.2, -0.15) is 8.78 Å². The molecule has 1 aromatic carbocycles. The number of rotatable bonds is 3. The minimum absolute atomic E-state index is 0.315. The molecular weight excluding hydrogens is 241 g/mol. The zero-order valence-electron chi connectivity index (χ0n) is 8.11. The van der Waals surface area contributed by atoms with Crippen molar-refractivity contribution in [3.8, 4) is 0 Å². The second-order valence-corrected chi connectivity index (χ2v) is 3.96. The Balaban J connectivity index is 3.03. The van der Waals surface area contributed by atoms with Gasteiger partial charge in [0.15, 0.2) is 0 Å². The quantitative estimate of drug-likeness (QED) is 0.686. The minimum Gasteiger partial charge on any atom is -0.174 e. The maximum Gasteiger partial charge on any atom is 0.266 e. The van der Waals surface area contributed by atoms with Gasteiger partial charge in [0.25, 0.3) is 6.08 Å². The molecule has 1 atom stereocenters. The Kier molecular flexibility index (Phi) is 4.55. The molecule has 15 heavy (non-hydrogen) atoms. The lowest BCUT2D eigenvalue weighted by molar-refractivity contribution is 0.414. The Hall–Kier alpha value is -0.600. The molecule has 0 saturated carbocycles. The second-order valence-electron chi connectivity index (χ2n) is 3.14. The summed E-state index contributed by atoms with van der Waals surface area (Å²) in [6.45, 7) is 1.84. The van der Waals surface area contributed by atoms with Crippen LogP contribution in [0.1, 0.15) is 24.8 Å². The van der Waals surface area contributed by atoms with Crippen LogP contribution in [0.2, 0.25) is 10.0 Å². The molecule has 4 heteroatoms. The van der Waals surface area contributed by atoms with Gasteiger partial charge in [-0.15, -0.1) is 0 Å². The van der Waals surface area contributed by atoms with Crippen molar-refractivity contribution < 1.29 is 8.78 Å². The molecule has 1 aromatic rings. The van der Waals surface area contributed by atoms with E-state index in [1.54, 1.807) is 18.2 Å². The first-order valence-electron chi connectivity index (χ1n) is 4.52. The highest BCUT2D eigenvalue weighted by Crippen LogP contribution is 2.29. The van der Waals surface area contributed by atoms with E-state index in [0.717, 1.165) is 11.6 Å². The SMILES string of the molecule is CC[C@H](C=C(F)F)c1ccc(Cl)c(Cl)c1. The van der Waals surface area contributed by atoms with E-state index in [0.29, 0.717) is 16.5 Å². The summed E-state index contributed by atoms with van der Waals surface area (Å²) >= 11 is 11.6. The summed E-state index contributed by atoms with van der Waals surface area (Å²) in [6.07, 6.45) is -0.151. The van der Waals surface area contributed by atoms with Crippen LogP contribution in [0.25, 0.3) is 0 Å². The van der Waals surface area contributed by atoms with Crippen LogP contribution in [-0.2, 0) is 0 Å². The van der Waals surface area contributed by atoms with Gasteiger partial charge < -0.3 is 0 Å². The monoisotopic (exact) mass is 250 g/mol. The van der Waals surface area contributed by atoms with Gasteiger partial charge in [0.05, 0.1) is 10.0 Å². The summed E-state index contributed by atoms with van der Waals surface area (Å²) in [5, 5.41) is 0.820. The third kappa shape index (κ3) is 3.47. The van der Waals surface area contributed by atoms with Gasteiger partial charge in [0, 0.05) is 5.92 Å². The lowest BCUT2D eigenvalue weighted by Crippen LogP contribution is -1.93. The molecule has 0 amide bonds. The molecule has 0 saturated heterocycles. The van der Waals surface area contributed by atoms with Crippen LogP contribution in [0, 0.1) is 0 Å². The zero-order valence-corrected chi connectivity index (χ0v) is 9.62. The van der Waals surface area contributed by atoms with E-state index in [2.05, 4.69) is 0 Å². The fourth-order valence-corrected chi connectivity index (χ4v) is 1.65. The van der Waals surface area contributed by atoms with Crippen molar-refractivity contribution in [2.75, 3.05) is 0 Å². The number of allylic oxidation sites excluding steroid dienone is 1. The van der Waals surface area contributed by atoms with Crippen LogP contribution < -0.4 is 0 Å². The molecule has 0 spiro atoms. The van der Waals surface area contributed by atoms with Crippen LogP contribution in [0.4, 0.5) is 8.78 Å². The average Bonchev–Trinajstić information content (AvgIpc) is 2.18. The Bertz CT molecular complexity index is 371. The molecule has 0 N–H and O–H groups in total. The van der Waals surface area contributed by atoms with Gasteiger partial charge in [0.2, 0.25) is 0 Å². The van der Waals surface area contributed by atoms with Gasteiger partial charge in [-0.05, 0) is 30.2 Å². The highest BCUT2D eigenvalue weighted by Gasteiger charge is 2.10. The summed E-state index contributed by atoms with van der Waals surface area (Å²) in [6, 6.07) is 4.95. The van der Waals surface area contributed by atoms with E-state index in [1.165, 1.54) is 0 Å². The van der Waals surface area contributed by atoms with Crippen LogP contribution in [0.3, 0.4) is 0 Å². The molecule has 0 radical (unpaired) electrons. The highest BCUT2D eigenvalue weighted by atomic mass is 35.5. The van der Waals surface area contributed by atoms with Crippen molar-refractivity contribution in [2.45, 2.75) is 19.3 Å². The predicted molar refractivity (Wildman–Crippen MR) is 59.8 cm³/mol. The van der Waals surface area contributed by atoms with E-state index < -0.39 is 6.08 Å². The molecule has 0 fully saturated rings. The molecule has 0 aliphatic carbocycles. The average molecular weight is 251 g/mol. The second kappa shape index (κ2) is 5.47. The molecule has 0 unspecified atom stereocenters. The topological polar surface area (TPSA) is 0 Å². The fourth-order valence-electron chi connectivity index (χ4n) is 1.34. The standard InChI is InChI=1S/C11H10Cl2F2/c1-2-7(6-11(14)15)8-3-4-9(12)10(13)5-8/h3-7H,2H2,1H3/t7-/m1/s1. The molecule has 1 rings (SSSR count). The zero-order chi connectivity index (χ0) is 11.4. The minimum atomic E-state index is -1.67. The Labute approximate surface area is 97.5 Å². The van der Waals surface area contributed by atoms with Gasteiger partial charge in [-0.3, -0.25) is 0 Å². The number of hydrogen-bond acceptors (Lipinski definition) is 0. The molecule has 0 aromatic heterocycles. The van der Waals surface area contributed by atoms with Crippen molar-refractivity contribution in [1.82, 2.24) is 0 Å². The Morgan fingerprint density at radius 1 is 1.33 bits per heavy atom. The normalized spacial score (nSPS) is 12.3. The van der Waals surface area contributed by atoms with Crippen LogP contribution in [-0.4, -0.2) is 0 Å². The molecule has 82 valence electrons. The van der Waals surface area contributed by atoms with Gasteiger partial charge in [0.1, 0.15) is 0 Å². The molecule has 0 bridgehead atoms. The van der Waals surface area contributed by atoms with Crippen molar-refractivity contribution in [3.63, 3.8) is 0 Å². The fraction of sp³-hybridized carbons (Fsp3) is 0.273. The smallest absolute Gasteiger partial charge is 0.174 e. The third-order valence-corrected chi connectivity index (χ3v) is 2.88. The third-order valence-electron chi connectivity index (χ3n) is 2.14.